The second kappa shape index (κ2) is 8.77. The molecule has 0 radical (unpaired) electrons. The van der Waals surface area contributed by atoms with E-state index >= 15 is 0 Å². The van der Waals surface area contributed by atoms with Gasteiger partial charge in [-0.05, 0) is 31.9 Å². The van der Waals surface area contributed by atoms with Gasteiger partial charge in [-0.3, -0.25) is 9.59 Å². The minimum atomic E-state index is -0.311. The molecule has 1 aliphatic rings. The molecule has 0 aliphatic carbocycles. The fourth-order valence-corrected chi connectivity index (χ4v) is 2.94. The van der Waals surface area contributed by atoms with Crippen molar-refractivity contribution in [3.05, 3.63) is 41.7 Å². The third-order valence-electron chi connectivity index (χ3n) is 4.39. The van der Waals surface area contributed by atoms with Crippen LogP contribution in [-0.2, 0) is 9.53 Å². The summed E-state index contributed by atoms with van der Waals surface area (Å²) < 4.78 is 5.41. The molecule has 0 saturated carbocycles. The highest BCUT2D eigenvalue weighted by molar-refractivity contribution is 5.95. The van der Waals surface area contributed by atoms with Crippen molar-refractivity contribution in [3.63, 3.8) is 0 Å². The molecule has 1 fully saturated rings. The summed E-state index contributed by atoms with van der Waals surface area (Å²) in [6.45, 7) is 5.34. The molecular weight excluding hydrogens is 346 g/mol. The predicted octanol–water partition coefficient (Wildman–Crippen LogP) is 1.98. The smallest absolute Gasteiger partial charge is 0.294 e. The number of unbranched alkanes of at least 4 members (excludes halogenated alkanes) is 1. The Hall–Kier alpha value is -2.74. The predicted molar refractivity (Wildman–Crippen MR) is 99.2 cm³/mol. The summed E-state index contributed by atoms with van der Waals surface area (Å²) in [5.74, 6) is -0.515. The summed E-state index contributed by atoms with van der Waals surface area (Å²) in [5.41, 5.74) is 1.56. The van der Waals surface area contributed by atoms with E-state index in [9.17, 15) is 9.59 Å². The first-order valence-electron chi connectivity index (χ1n) is 9.31. The van der Waals surface area contributed by atoms with Crippen LogP contribution < -0.4 is 0 Å². The van der Waals surface area contributed by atoms with Crippen molar-refractivity contribution in [2.75, 3.05) is 26.3 Å². The molecule has 2 amide bonds. The van der Waals surface area contributed by atoms with Gasteiger partial charge in [-0.25, -0.2) is 10.0 Å². The molecule has 1 saturated heterocycles. The molecule has 3 rings (SSSR count). The molecule has 0 N–H and O–H groups in total. The van der Waals surface area contributed by atoms with Crippen LogP contribution in [0.3, 0.4) is 0 Å². The SMILES string of the molecule is CCCCOCC(=O)N1CCCN1C(=O)c1nn(-c2ccccc2)nc1C. The lowest BCUT2D eigenvalue weighted by Gasteiger charge is -2.27. The molecule has 1 aromatic carbocycles. The standard InChI is InChI=1S/C19H25N5O3/c1-3-4-13-27-14-17(25)22-11-8-12-23(22)19(26)18-15(2)20-24(21-18)16-9-6-5-7-10-16/h5-7,9-10H,3-4,8,11-14H2,1-2H3. The Morgan fingerprint density at radius 1 is 1.11 bits per heavy atom. The summed E-state index contributed by atoms with van der Waals surface area (Å²) in [5, 5.41) is 11.6. The van der Waals surface area contributed by atoms with Gasteiger partial charge in [0, 0.05) is 19.7 Å². The number of carbonyl (C=O) groups is 2. The van der Waals surface area contributed by atoms with Crippen LogP contribution in [0.25, 0.3) is 5.69 Å². The quantitative estimate of drug-likeness (QED) is 0.695. The van der Waals surface area contributed by atoms with Crippen molar-refractivity contribution < 1.29 is 14.3 Å². The topological polar surface area (TPSA) is 80.6 Å². The van der Waals surface area contributed by atoms with Crippen LogP contribution in [0.5, 0.6) is 0 Å². The fraction of sp³-hybridized carbons (Fsp3) is 0.474. The zero-order chi connectivity index (χ0) is 19.2. The third kappa shape index (κ3) is 4.33. The molecule has 0 bridgehead atoms. The summed E-state index contributed by atoms with van der Waals surface area (Å²) in [4.78, 5) is 26.9. The normalized spacial score (nSPS) is 14.0. The van der Waals surface area contributed by atoms with E-state index in [0.29, 0.717) is 25.4 Å². The Labute approximate surface area is 158 Å². The van der Waals surface area contributed by atoms with E-state index < -0.39 is 0 Å². The molecule has 1 aromatic heterocycles. The van der Waals surface area contributed by atoms with Crippen LogP contribution in [0.2, 0.25) is 0 Å². The number of nitrogens with zero attached hydrogens (tertiary/aromatic N) is 5. The van der Waals surface area contributed by atoms with Gasteiger partial charge in [-0.2, -0.15) is 9.90 Å². The monoisotopic (exact) mass is 371 g/mol. The molecule has 2 aromatic rings. The number of ether oxygens (including phenoxy) is 1. The lowest BCUT2D eigenvalue weighted by molar-refractivity contribution is -0.145. The molecule has 1 aliphatic heterocycles. The minimum absolute atomic E-state index is 0.0144. The number of para-hydroxylation sites is 1. The van der Waals surface area contributed by atoms with Gasteiger partial charge in [-0.1, -0.05) is 31.5 Å². The molecule has 8 heteroatoms. The zero-order valence-corrected chi connectivity index (χ0v) is 15.8. The second-order valence-corrected chi connectivity index (χ2v) is 6.46. The number of hydrogen-bond donors (Lipinski definition) is 0. The van der Waals surface area contributed by atoms with Gasteiger partial charge < -0.3 is 4.74 Å². The molecule has 0 unspecified atom stereocenters. The highest BCUT2D eigenvalue weighted by Crippen LogP contribution is 2.17. The van der Waals surface area contributed by atoms with Crippen LogP contribution in [0.1, 0.15) is 42.4 Å². The van der Waals surface area contributed by atoms with Gasteiger partial charge in [-0.15, -0.1) is 5.10 Å². The average molecular weight is 371 g/mol. The van der Waals surface area contributed by atoms with E-state index in [1.165, 1.54) is 14.8 Å². The minimum Gasteiger partial charge on any atom is -0.372 e. The second-order valence-electron chi connectivity index (χ2n) is 6.46. The molecule has 144 valence electrons. The Kier molecular flexibility index (Phi) is 6.18. The summed E-state index contributed by atoms with van der Waals surface area (Å²) >= 11 is 0. The number of hydrazine groups is 1. The Bertz CT molecular complexity index is 790. The Balaban J connectivity index is 1.71. The average Bonchev–Trinajstić information content (AvgIpc) is 3.32. The molecule has 0 atom stereocenters. The molecule has 8 nitrogen and oxygen atoms in total. The van der Waals surface area contributed by atoms with E-state index in [2.05, 4.69) is 17.1 Å². The van der Waals surface area contributed by atoms with Crippen LogP contribution in [0.15, 0.2) is 30.3 Å². The van der Waals surface area contributed by atoms with Gasteiger partial charge in [0.05, 0.1) is 11.4 Å². The van der Waals surface area contributed by atoms with Gasteiger partial charge in [0.2, 0.25) is 0 Å². The Morgan fingerprint density at radius 2 is 1.85 bits per heavy atom. The largest absolute Gasteiger partial charge is 0.372 e. The maximum absolute atomic E-state index is 13.0. The van der Waals surface area contributed by atoms with Crippen molar-refractivity contribution in [2.45, 2.75) is 33.1 Å². The molecule has 27 heavy (non-hydrogen) atoms. The molecular formula is C19H25N5O3. The van der Waals surface area contributed by atoms with Gasteiger partial charge in [0.25, 0.3) is 11.8 Å². The zero-order valence-electron chi connectivity index (χ0n) is 15.8. The maximum Gasteiger partial charge on any atom is 0.294 e. The number of aromatic nitrogens is 3. The number of benzene rings is 1. The van der Waals surface area contributed by atoms with Gasteiger partial charge in [0.15, 0.2) is 5.69 Å². The van der Waals surface area contributed by atoms with Gasteiger partial charge >= 0.3 is 0 Å². The van der Waals surface area contributed by atoms with Crippen molar-refractivity contribution in [3.8, 4) is 5.69 Å². The van der Waals surface area contributed by atoms with Crippen LogP contribution in [0, 0.1) is 6.92 Å². The Morgan fingerprint density at radius 3 is 2.59 bits per heavy atom. The van der Waals surface area contributed by atoms with Crippen LogP contribution in [-0.4, -0.2) is 63.1 Å². The first kappa shape index (κ1) is 19.0. The van der Waals surface area contributed by atoms with E-state index in [0.717, 1.165) is 24.9 Å². The van der Waals surface area contributed by atoms with E-state index in [4.69, 9.17) is 4.74 Å². The lowest BCUT2D eigenvalue weighted by atomic mass is 10.3. The number of hydrogen-bond acceptors (Lipinski definition) is 5. The fourth-order valence-electron chi connectivity index (χ4n) is 2.94. The first-order valence-corrected chi connectivity index (χ1v) is 9.31. The number of aryl methyl sites for hydroxylation is 1. The number of carbonyl (C=O) groups excluding carboxylic acids is 2. The number of rotatable bonds is 7. The van der Waals surface area contributed by atoms with Crippen LogP contribution in [0.4, 0.5) is 0 Å². The molecule has 0 spiro atoms. The third-order valence-corrected chi connectivity index (χ3v) is 4.39. The van der Waals surface area contributed by atoms with Crippen molar-refractivity contribution >= 4 is 11.8 Å². The summed E-state index contributed by atoms with van der Waals surface area (Å²) in [6, 6.07) is 9.41. The lowest BCUT2D eigenvalue weighted by Crippen LogP contribution is -2.46. The number of amides is 2. The van der Waals surface area contributed by atoms with E-state index in [1.54, 1.807) is 6.92 Å². The first-order chi connectivity index (χ1) is 13.1. The summed E-state index contributed by atoms with van der Waals surface area (Å²) in [7, 11) is 0. The van der Waals surface area contributed by atoms with Crippen molar-refractivity contribution in [2.24, 2.45) is 0 Å². The van der Waals surface area contributed by atoms with Crippen LogP contribution >= 0.6 is 0 Å². The molecule has 2 heterocycles. The van der Waals surface area contributed by atoms with E-state index in [1.807, 2.05) is 30.3 Å². The maximum atomic E-state index is 13.0. The highest BCUT2D eigenvalue weighted by atomic mass is 16.5. The van der Waals surface area contributed by atoms with Crippen molar-refractivity contribution in [1.29, 1.82) is 0 Å². The van der Waals surface area contributed by atoms with Gasteiger partial charge in [0.1, 0.15) is 6.61 Å². The van der Waals surface area contributed by atoms with Crippen molar-refractivity contribution in [1.82, 2.24) is 25.0 Å². The highest BCUT2D eigenvalue weighted by Gasteiger charge is 2.33. The summed E-state index contributed by atoms with van der Waals surface area (Å²) in [6.07, 6.45) is 2.66. The van der Waals surface area contributed by atoms with E-state index in [-0.39, 0.29) is 24.1 Å².